The Balaban J connectivity index is 1.70. The molecule has 0 spiro atoms. The lowest BCUT2D eigenvalue weighted by molar-refractivity contribution is -0.124. The van der Waals surface area contributed by atoms with Gasteiger partial charge in [0.1, 0.15) is 19.0 Å². The number of imidazole rings is 1. The van der Waals surface area contributed by atoms with Crippen molar-refractivity contribution >= 4 is 28.5 Å². The summed E-state index contributed by atoms with van der Waals surface area (Å²) < 4.78 is 6.75. The van der Waals surface area contributed by atoms with Crippen LogP contribution in [0.5, 0.6) is 0 Å². The van der Waals surface area contributed by atoms with Gasteiger partial charge in [-0.15, -0.1) is 0 Å². The molecule has 152 valence electrons. The molecule has 0 fully saturated rings. The van der Waals surface area contributed by atoms with Gasteiger partial charge in [0.05, 0.1) is 11.0 Å². The van der Waals surface area contributed by atoms with Gasteiger partial charge in [0.25, 0.3) is 0 Å². The second-order valence-electron chi connectivity index (χ2n) is 6.85. The molecule has 1 heterocycles. The third-order valence-electron chi connectivity index (χ3n) is 4.63. The first kappa shape index (κ1) is 20.5. The highest BCUT2D eigenvalue weighted by Crippen LogP contribution is 2.18. The van der Waals surface area contributed by atoms with Gasteiger partial charge in [-0.1, -0.05) is 30.3 Å². The number of ether oxygens (including phenoxy) is 1. The molecular formula is C22H26N4O3. The van der Waals surface area contributed by atoms with Gasteiger partial charge in [-0.2, -0.15) is 0 Å². The third kappa shape index (κ3) is 5.42. The average Bonchev–Trinajstić information content (AvgIpc) is 3.05. The van der Waals surface area contributed by atoms with Crippen molar-refractivity contribution in [3.8, 4) is 0 Å². The largest absolute Gasteiger partial charge is 0.375 e. The Morgan fingerprint density at radius 1 is 1.07 bits per heavy atom. The number of fused-ring (bicyclic) bond motifs is 1. The average molecular weight is 394 g/mol. The first-order valence-corrected chi connectivity index (χ1v) is 9.63. The lowest BCUT2D eigenvalue weighted by Crippen LogP contribution is -2.28. The van der Waals surface area contributed by atoms with Crippen LogP contribution < -0.4 is 10.6 Å². The van der Waals surface area contributed by atoms with E-state index in [1.165, 1.54) is 7.11 Å². The molecule has 3 rings (SSSR count). The topological polar surface area (TPSA) is 85.2 Å². The van der Waals surface area contributed by atoms with Gasteiger partial charge in [-0.05, 0) is 37.1 Å². The summed E-state index contributed by atoms with van der Waals surface area (Å²) in [6.45, 7) is 2.73. The molecule has 1 aromatic heterocycles. The predicted octanol–water partition coefficient (Wildman–Crippen LogP) is 2.68. The van der Waals surface area contributed by atoms with Gasteiger partial charge in [-0.3, -0.25) is 9.59 Å². The number of carbonyl (C=O) groups is 2. The van der Waals surface area contributed by atoms with E-state index < -0.39 is 0 Å². The second kappa shape index (κ2) is 9.84. The summed E-state index contributed by atoms with van der Waals surface area (Å²) in [6, 6.07) is 15.5. The number of hydrogen-bond acceptors (Lipinski definition) is 4. The number of carbonyl (C=O) groups excluding carboxylic acids is 2. The quantitative estimate of drug-likeness (QED) is 0.547. The molecule has 0 aliphatic heterocycles. The molecule has 3 aromatic rings. The highest BCUT2D eigenvalue weighted by Gasteiger charge is 2.14. The third-order valence-corrected chi connectivity index (χ3v) is 4.63. The van der Waals surface area contributed by atoms with Crippen molar-refractivity contribution in [1.82, 2.24) is 14.9 Å². The fourth-order valence-electron chi connectivity index (χ4n) is 3.20. The van der Waals surface area contributed by atoms with E-state index in [1.807, 2.05) is 60.0 Å². The number of hydrogen-bond donors (Lipinski definition) is 2. The SMILES string of the molecule is COCC(=O)NCCCc1nc2ccccc2n1CC(=O)Nc1ccccc1C. The second-order valence-corrected chi connectivity index (χ2v) is 6.85. The maximum atomic E-state index is 12.7. The summed E-state index contributed by atoms with van der Waals surface area (Å²) in [5.74, 6) is 0.586. The van der Waals surface area contributed by atoms with E-state index in [0.29, 0.717) is 13.0 Å². The van der Waals surface area contributed by atoms with Crippen LogP contribution >= 0.6 is 0 Å². The molecule has 7 heteroatoms. The number of nitrogens with zero attached hydrogens (tertiary/aromatic N) is 2. The number of anilines is 1. The van der Waals surface area contributed by atoms with Gasteiger partial charge in [0.2, 0.25) is 11.8 Å². The molecular weight excluding hydrogens is 368 g/mol. The lowest BCUT2D eigenvalue weighted by atomic mass is 10.2. The van der Waals surface area contributed by atoms with Crippen molar-refractivity contribution in [1.29, 1.82) is 0 Å². The number of nitrogens with one attached hydrogen (secondary N) is 2. The highest BCUT2D eigenvalue weighted by molar-refractivity contribution is 5.92. The van der Waals surface area contributed by atoms with E-state index in [-0.39, 0.29) is 25.0 Å². The van der Waals surface area contributed by atoms with Crippen LogP contribution in [0.15, 0.2) is 48.5 Å². The number of para-hydroxylation sites is 3. The van der Waals surface area contributed by atoms with Crippen molar-refractivity contribution in [3.05, 3.63) is 59.9 Å². The van der Waals surface area contributed by atoms with Crippen LogP contribution in [0.1, 0.15) is 17.8 Å². The van der Waals surface area contributed by atoms with Gasteiger partial charge >= 0.3 is 0 Å². The maximum Gasteiger partial charge on any atom is 0.245 e. The zero-order valence-corrected chi connectivity index (χ0v) is 16.8. The molecule has 0 atom stereocenters. The van der Waals surface area contributed by atoms with Crippen LogP contribution in [-0.2, 0) is 27.3 Å². The smallest absolute Gasteiger partial charge is 0.245 e. The first-order valence-electron chi connectivity index (χ1n) is 9.63. The fraction of sp³-hybridized carbons (Fsp3) is 0.318. The molecule has 0 radical (unpaired) electrons. The van der Waals surface area contributed by atoms with E-state index in [9.17, 15) is 9.59 Å². The summed E-state index contributed by atoms with van der Waals surface area (Å²) in [5, 5.41) is 5.78. The van der Waals surface area contributed by atoms with Crippen LogP contribution in [0.2, 0.25) is 0 Å². The van der Waals surface area contributed by atoms with Crippen LogP contribution in [0.25, 0.3) is 11.0 Å². The molecule has 2 N–H and O–H groups in total. The molecule has 0 bridgehead atoms. The monoisotopic (exact) mass is 394 g/mol. The van der Waals surface area contributed by atoms with Crippen LogP contribution in [0.4, 0.5) is 5.69 Å². The molecule has 2 aromatic carbocycles. The summed E-state index contributed by atoms with van der Waals surface area (Å²) in [7, 11) is 1.49. The molecule has 2 amide bonds. The summed E-state index contributed by atoms with van der Waals surface area (Å²) in [6.07, 6.45) is 1.37. The van der Waals surface area contributed by atoms with Crippen LogP contribution in [-0.4, -0.2) is 41.6 Å². The minimum absolute atomic E-state index is 0.0532. The molecule has 0 unspecified atom stereocenters. The number of methoxy groups -OCH3 is 1. The molecule has 29 heavy (non-hydrogen) atoms. The molecule has 0 aliphatic carbocycles. The Morgan fingerprint density at radius 2 is 1.83 bits per heavy atom. The number of aromatic nitrogens is 2. The Kier molecular flexibility index (Phi) is 6.97. The zero-order valence-electron chi connectivity index (χ0n) is 16.8. The Morgan fingerprint density at radius 3 is 2.62 bits per heavy atom. The number of benzene rings is 2. The normalized spacial score (nSPS) is 10.8. The first-order chi connectivity index (χ1) is 14.1. The van der Waals surface area contributed by atoms with Gasteiger partial charge in [0.15, 0.2) is 0 Å². The van der Waals surface area contributed by atoms with Gasteiger partial charge in [0, 0.05) is 25.8 Å². The predicted molar refractivity (Wildman–Crippen MR) is 113 cm³/mol. The molecule has 0 saturated carbocycles. The number of aryl methyl sites for hydroxylation is 2. The summed E-state index contributed by atoms with van der Waals surface area (Å²) in [5.41, 5.74) is 3.60. The van der Waals surface area contributed by atoms with E-state index in [2.05, 4.69) is 15.6 Å². The van der Waals surface area contributed by atoms with E-state index in [0.717, 1.165) is 34.5 Å². The van der Waals surface area contributed by atoms with Crippen LogP contribution in [0, 0.1) is 6.92 Å². The Bertz CT molecular complexity index is 997. The fourth-order valence-corrected chi connectivity index (χ4v) is 3.20. The molecule has 7 nitrogen and oxygen atoms in total. The van der Waals surface area contributed by atoms with Gasteiger partial charge in [-0.25, -0.2) is 4.98 Å². The van der Waals surface area contributed by atoms with Crippen molar-refractivity contribution in [2.45, 2.75) is 26.3 Å². The van der Waals surface area contributed by atoms with Crippen molar-refractivity contribution < 1.29 is 14.3 Å². The van der Waals surface area contributed by atoms with E-state index >= 15 is 0 Å². The van der Waals surface area contributed by atoms with E-state index in [1.54, 1.807) is 0 Å². The maximum absolute atomic E-state index is 12.7. The minimum atomic E-state index is -0.140. The van der Waals surface area contributed by atoms with Crippen molar-refractivity contribution in [2.75, 3.05) is 25.6 Å². The number of rotatable bonds is 9. The summed E-state index contributed by atoms with van der Waals surface area (Å²) >= 11 is 0. The van der Waals surface area contributed by atoms with E-state index in [4.69, 9.17) is 4.74 Å². The highest BCUT2D eigenvalue weighted by atomic mass is 16.5. The Hall–Kier alpha value is -3.19. The zero-order chi connectivity index (χ0) is 20.6. The van der Waals surface area contributed by atoms with Gasteiger partial charge < -0.3 is 19.9 Å². The lowest BCUT2D eigenvalue weighted by Gasteiger charge is -2.12. The molecule has 0 aliphatic rings. The number of amides is 2. The molecule has 0 saturated heterocycles. The van der Waals surface area contributed by atoms with Crippen LogP contribution in [0.3, 0.4) is 0 Å². The van der Waals surface area contributed by atoms with Crippen molar-refractivity contribution in [3.63, 3.8) is 0 Å². The minimum Gasteiger partial charge on any atom is -0.375 e. The summed E-state index contributed by atoms with van der Waals surface area (Å²) in [4.78, 5) is 28.9. The van der Waals surface area contributed by atoms with Crippen molar-refractivity contribution in [2.24, 2.45) is 0 Å². The standard InChI is InChI=1S/C22H26N4O3/c1-16-8-3-4-9-17(16)25-21(27)14-26-19-11-6-5-10-18(19)24-20(26)12-7-13-23-22(28)15-29-2/h3-6,8-11H,7,12-15H2,1-2H3,(H,23,28)(H,25,27). The Labute approximate surface area is 170 Å².